The lowest BCUT2D eigenvalue weighted by Gasteiger charge is -2.26. The molecule has 2 aromatic rings. The molecule has 1 N–H and O–H groups in total. The first-order valence-electron chi connectivity index (χ1n) is 8.68. The summed E-state index contributed by atoms with van der Waals surface area (Å²) in [6.45, 7) is 3.93. The highest BCUT2D eigenvalue weighted by Crippen LogP contribution is 2.24. The van der Waals surface area contributed by atoms with Crippen LogP contribution in [0, 0.1) is 0 Å². The molecule has 0 aromatic heterocycles. The van der Waals surface area contributed by atoms with Crippen molar-refractivity contribution >= 4 is 21.9 Å². The van der Waals surface area contributed by atoms with Gasteiger partial charge in [-0.1, -0.05) is 0 Å². The van der Waals surface area contributed by atoms with Gasteiger partial charge in [0.25, 0.3) is 0 Å². The molecule has 0 atom stereocenters. The molecule has 0 unspecified atom stereocenters. The minimum absolute atomic E-state index is 0.0659. The number of aliphatic imine (C=N–C) groups is 1. The Kier molecular flexibility index (Phi) is 6.10. The number of hydrogen-bond acceptors (Lipinski definition) is 6. The van der Waals surface area contributed by atoms with Crippen molar-refractivity contribution < 1.29 is 23.0 Å². The average Bonchev–Trinajstić information content (AvgIpc) is 2.69. The van der Waals surface area contributed by atoms with Crippen LogP contribution in [0.5, 0.6) is 11.5 Å². The second kappa shape index (κ2) is 8.51. The summed E-state index contributed by atoms with van der Waals surface area (Å²) in [6.07, 6.45) is 1.52. The lowest BCUT2D eigenvalue weighted by atomic mass is 10.2. The smallest absolute Gasteiger partial charge is 0.243 e. The van der Waals surface area contributed by atoms with Crippen molar-refractivity contribution in [3.63, 3.8) is 0 Å². The van der Waals surface area contributed by atoms with Gasteiger partial charge in [0.1, 0.15) is 11.5 Å². The molecule has 3 rings (SSSR count). The van der Waals surface area contributed by atoms with Crippen molar-refractivity contribution in [1.29, 1.82) is 0 Å². The van der Waals surface area contributed by atoms with Crippen LogP contribution in [0.3, 0.4) is 0 Å². The van der Waals surface area contributed by atoms with Gasteiger partial charge in [-0.15, -0.1) is 0 Å². The molecular formula is C19H22N2O5S. The first kappa shape index (κ1) is 19.3. The summed E-state index contributed by atoms with van der Waals surface area (Å²) < 4.78 is 37.1. The molecule has 1 fully saturated rings. The number of phenols is 1. The SMILES string of the molecule is CCOc1ccc(C=Nc2ccc(S(=O)(=O)N3CCOCC3)cc2)c(O)c1. The third kappa shape index (κ3) is 4.65. The summed E-state index contributed by atoms with van der Waals surface area (Å²) in [5.74, 6) is 0.654. The van der Waals surface area contributed by atoms with E-state index in [0.29, 0.717) is 49.9 Å². The fourth-order valence-electron chi connectivity index (χ4n) is 2.67. The molecule has 1 heterocycles. The van der Waals surface area contributed by atoms with Crippen LogP contribution in [0.1, 0.15) is 12.5 Å². The number of ether oxygens (including phenoxy) is 2. The topological polar surface area (TPSA) is 88.4 Å². The standard InChI is InChI=1S/C19H22N2O5S/c1-2-26-17-6-3-15(19(22)13-17)14-20-16-4-7-18(8-5-16)27(23,24)21-9-11-25-12-10-21/h3-8,13-14,22H,2,9-12H2,1H3. The van der Waals surface area contributed by atoms with Crippen molar-refractivity contribution in [2.45, 2.75) is 11.8 Å². The fourth-order valence-corrected chi connectivity index (χ4v) is 4.08. The van der Waals surface area contributed by atoms with Crippen LogP contribution in [-0.2, 0) is 14.8 Å². The number of aromatic hydroxyl groups is 1. The maximum atomic E-state index is 12.6. The first-order valence-corrected chi connectivity index (χ1v) is 10.1. The van der Waals surface area contributed by atoms with Gasteiger partial charge >= 0.3 is 0 Å². The summed E-state index contributed by atoms with van der Waals surface area (Å²) in [6, 6.07) is 11.3. The molecule has 2 aromatic carbocycles. The van der Waals surface area contributed by atoms with Gasteiger partial charge in [-0.2, -0.15) is 4.31 Å². The predicted octanol–water partition coefficient (Wildman–Crippen LogP) is 2.56. The first-order chi connectivity index (χ1) is 13.0. The summed E-state index contributed by atoms with van der Waals surface area (Å²) in [5, 5.41) is 10.0. The van der Waals surface area contributed by atoms with Gasteiger partial charge in [0, 0.05) is 30.9 Å². The van der Waals surface area contributed by atoms with Gasteiger partial charge in [0.05, 0.1) is 30.4 Å². The Balaban J connectivity index is 1.73. The molecule has 1 aliphatic heterocycles. The molecule has 27 heavy (non-hydrogen) atoms. The Morgan fingerprint density at radius 2 is 1.89 bits per heavy atom. The van der Waals surface area contributed by atoms with Gasteiger partial charge < -0.3 is 14.6 Å². The largest absolute Gasteiger partial charge is 0.507 e. The van der Waals surface area contributed by atoms with Crippen molar-refractivity contribution in [3.8, 4) is 11.5 Å². The predicted molar refractivity (Wildman–Crippen MR) is 103 cm³/mol. The second-order valence-corrected chi connectivity index (χ2v) is 7.86. The van der Waals surface area contributed by atoms with E-state index in [1.165, 1.54) is 28.7 Å². The molecular weight excluding hydrogens is 368 g/mol. The van der Waals surface area contributed by atoms with E-state index in [-0.39, 0.29) is 10.6 Å². The van der Waals surface area contributed by atoms with Crippen LogP contribution >= 0.6 is 0 Å². The minimum Gasteiger partial charge on any atom is -0.507 e. The van der Waals surface area contributed by atoms with Crippen molar-refractivity contribution in [3.05, 3.63) is 48.0 Å². The Bertz CT molecular complexity index is 904. The highest BCUT2D eigenvalue weighted by atomic mass is 32.2. The third-order valence-electron chi connectivity index (χ3n) is 4.11. The highest BCUT2D eigenvalue weighted by molar-refractivity contribution is 7.89. The zero-order chi connectivity index (χ0) is 19.3. The lowest BCUT2D eigenvalue weighted by molar-refractivity contribution is 0.0730. The molecule has 1 aliphatic rings. The van der Waals surface area contributed by atoms with E-state index in [1.807, 2.05) is 6.92 Å². The summed E-state index contributed by atoms with van der Waals surface area (Å²) in [7, 11) is -3.52. The van der Waals surface area contributed by atoms with E-state index in [4.69, 9.17) is 9.47 Å². The van der Waals surface area contributed by atoms with Gasteiger partial charge in [-0.3, -0.25) is 4.99 Å². The minimum atomic E-state index is -3.52. The molecule has 0 bridgehead atoms. The molecule has 1 saturated heterocycles. The Hall–Kier alpha value is -2.42. The van der Waals surface area contributed by atoms with E-state index in [2.05, 4.69) is 4.99 Å². The van der Waals surface area contributed by atoms with Crippen LogP contribution in [-0.4, -0.2) is 57.0 Å². The molecule has 8 heteroatoms. The van der Waals surface area contributed by atoms with Crippen molar-refractivity contribution in [2.24, 2.45) is 4.99 Å². The monoisotopic (exact) mass is 390 g/mol. The number of rotatable bonds is 6. The maximum absolute atomic E-state index is 12.6. The second-order valence-electron chi connectivity index (χ2n) is 5.92. The van der Waals surface area contributed by atoms with E-state index in [9.17, 15) is 13.5 Å². The molecule has 0 spiro atoms. The fraction of sp³-hybridized carbons (Fsp3) is 0.316. The number of nitrogens with zero attached hydrogens (tertiary/aromatic N) is 2. The van der Waals surface area contributed by atoms with Gasteiger partial charge in [0.2, 0.25) is 10.0 Å². The Morgan fingerprint density at radius 3 is 2.52 bits per heavy atom. The van der Waals surface area contributed by atoms with Crippen molar-refractivity contribution in [1.82, 2.24) is 4.31 Å². The van der Waals surface area contributed by atoms with Gasteiger partial charge in [-0.05, 0) is 43.3 Å². The molecule has 7 nitrogen and oxygen atoms in total. The van der Waals surface area contributed by atoms with Gasteiger partial charge in [-0.25, -0.2) is 8.42 Å². The van der Waals surface area contributed by atoms with Crippen LogP contribution < -0.4 is 4.74 Å². The van der Waals surface area contributed by atoms with E-state index in [0.717, 1.165) is 0 Å². The van der Waals surface area contributed by atoms with Crippen LogP contribution in [0.4, 0.5) is 5.69 Å². The molecule has 0 amide bonds. The normalized spacial score (nSPS) is 15.9. The number of hydrogen-bond donors (Lipinski definition) is 1. The summed E-state index contributed by atoms with van der Waals surface area (Å²) >= 11 is 0. The van der Waals surface area contributed by atoms with E-state index in [1.54, 1.807) is 24.3 Å². The van der Waals surface area contributed by atoms with E-state index < -0.39 is 10.0 Å². The number of morpholine rings is 1. The Labute approximate surface area is 158 Å². The summed E-state index contributed by atoms with van der Waals surface area (Å²) in [5.41, 5.74) is 1.13. The molecule has 0 saturated carbocycles. The molecule has 144 valence electrons. The zero-order valence-corrected chi connectivity index (χ0v) is 15.9. The molecule has 0 radical (unpaired) electrons. The Morgan fingerprint density at radius 1 is 1.19 bits per heavy atom. The van der Waals surface area contributed by atoms with Crippen LogP contribution in [0.2, 0.25) is 0 Å². The lowest BCUT2D eigenvalue weighted by Crippen LogP contribution is -2.40. The maximum Gasteiger partial charge on any atom is 0.243 e. The number of benzene rings is 2. The average molecular weight is 390 g/mol. The summed E-state index contributed by atoms with van der Waals surface area (Å²) in [4.78, 5) is 4.52. The molecule has 0 aliphatic carbocycles. The van der Waals surface area contributed by atoms with Gasteiger partial charge in [0.15, 0.2) is 0 Å². The van der Waals surface area contributed by atoms with Crippen molar-refractivity contribution in [2.75, 3.05) is 32.9 Å². The number of phenolic OH excluding ortho intramolecular Hbond substituents is 1. The highest BCUT2D eigenvalue weighted by Gasteiger charge is 2.25. The third-order valence-corrected chi connectivity index (χ3v) is 6.02. The van der Waals surface area contributed by atoms with Crippen LogP contribution in [0.15, 0.2) is 52.4 Å². The zero-order valence-electron chi connectivity index (χ0n) is 15.0. The number of sulfonamides is 1. The van der Waals surface area contributed by atoms with Crippen LogP contribution in [0.25, 0.3) is 0 Å². The quantitative estimate of drug-likeness (QED) is 0.766. The van der Waals surface area contributed by atoms with E-state index >= 15 is 0 Å².